The molecule has 1 saturated heterocycles. The van der Waals surface area contributed by atoms with Crippen molar-refractivity contribution in [2.24, 2.45) is 11.7 Å². The average molecular weight is 220 g/mol. The van der Waals surface area contributed by atoms with Crippen LogP contribution in [0.1, 0.15) is 13.8 Å². The van der Waals surface area contributed by atoms with Gasteiger partial charge in [0.15, 0.2) is 0 Å². The minimum Gasteiger partial charge on any atom is -0.370 e. The Balaban J connectivity index is 1.96. The summed E-state index contributed by atoms with van der Waals surface area (Å²) in [4.78, 5) is 6.57. The van der Waals surface area contributed by atoms with Crippen LogP contribution in [-0.4, -0.2) is 30.7 Å². The van der Waals surface area contributed by atoms with E-state index in [0.29, 0.717) is 12.0 Å². The summed E-state index contributed by atoms with van der Waals surface area (Å²) in [6.45, 7) is 7.23. The van der Waals surface area contributed by atoms with Crippen LogP contribution in [0, 0.1) is 5.92 Å². The molecular formula is C12H20N4. The van der Waals surface area contributed by atoms with Gasteiger partial charge in [-0.15, -0.1) is 0 Å². The zero-order chi connectivity index (χ0) is 11.5. The number of nitrogens with one attached hydrogen (secondary N) is 1. The molecule has 0 amide bonds. The predicted octanol–water partition coefficient (Wildman–Crippen LogP) is 1.30. The van der Waals surface area contributed by atoms with Crippen LogP contribution in [-0.2, 0) is 0 Å². The standard InChI is InChI=1S/C12H20N4/c1-9(2)6-15-12-5-11(3-4-14-12)16-7-10(13)8-16/h3-5,9-10H,6-8,13H2,1-2H3,(H,14,15). The normalized spacial score (nSPS) is 16.4. The highest BCUT2D eigenvalue weighted by Gasteiger charge is 2.23. The van der Waals surface area contributed by atoms with Crippen LogP contribution in [0.4, 0.5) is 11.5 Å². The van der Waals surface area contributed by atoms with Gasteiger partial charge in [0, 0.05) is 43.6 Å². The molecular weight excluding hydrogens is 200 g/mol. The Morgan fingerprint density at radius 2 is 2.31 bits per heavy atom. The molecule has 16 heavy (non-hydrogen) atoms. The van der Waals surface area contributed by atoms with Crippen molar-refractivity contribution in [3.63, 3.8) is 0 Å². The summed E-state index contributed by atoms with van der Waals surface area (Å²) in [6, 6.07) is 4.46. The molecule has 2 heterocycles. The van der Waals surface area contributed by atoms with Crippen LogP contribution in [0.15, 0.2) is 18.3 Å². The fourth-order valence-electron chi connectivity index (χ4n) is 1.74. The highest BCUT2D eigenvalue weighted by molar-refractivity contribution is 5.55. The SMILES string of the molecule is CC(C)CNc1cc(N2CC(N)C2)ccn1. The summed E-state index contributed by atoms with van der Waals surface area (Å²) in [5.74, 6) is 1.58. The summed E-state index contributed by atoms with van der Waals surface area (Å²) in [5, 5.41) is 3.33. The minimum absolute atomic E-state index is 0.334. The molecule has 1 aliphatic heterocycles. The van der Waals surface area contributed by atoms with Gasteiger partial charge in [-0.05, 0) is 12.0 Å². The van der Waals surface area contributed by atoms with Crippen molar-refractivity contribution in [2.75, 3.05) is 29.9 Å². The Kier molecular flexibility index (Phi) is 3.29. The number of rotatable bonds is 4. The molecule has 4 nitrogen and oxygen atoms in total. The van der Waals surface area contributed by atoms with Gasteiger partial charge in [0.2, 0.25) is 0 Å². The van der Waals surface area contributed by atoms with E-state index in [1.807, 2.05) is 12.3 Å². The van der Waals surface area contributed by atoms with Gasteiger partial charge in [0.05, 0.1) is 0 Å². The fraction of sp³-hybridized carbons (Fsp3) is 0.583. The smallest absolute Gasteiger partial charge is 0.127 e. The lowest BCUT2D eigenvalue weighted by atomic mass is 10.1. The Hall–Kier alpha value is -1.29. The summed E-state index contributed by atoms with van der Waals surface area (Å²) >= 11 is 0. The lowest BCUT2D eigenvalue weighted by Gasteiger charge is -2.38. The lowest BCUT2D eigenvalue weighted by molar-refractivity contribution is 0.519. The molecule has 1 fully saturated rings. The van der Waals surface area contributed by atoms with Gasteiger partial charge in [0.1, 0.15) is 5.82 Å². The molecule has 4 heteroatoms. The van der Waals surface area contributed by atoms with E-state index in [4.69, 9.17) is 5.73 Å². The Morgan fingerprint density at radius 3 is 2.94 bits per heavy atom. The van der Waals surface area contributed by atoms with Crippen molar-refractivity contribution < 1.29 is 0 Å². The minimum atomic E-state index is 0.334. The van der Waals surface area contributed by atoms with Crippen LogP contribution < -0.4 is 16.0 Å². The molecule has 3 N–H and O–H groups in total. The first kappa shape index (κ1) is 11.2. The molecule has 0 aromatic carbocycles. The van der Waals surface area contributed by atoms with Gasteiger partial charge in [-0.1, -0.05) is 13.8 Å². The van der Waals surface area contributed by atoms with E-state index < -0.39 is 0 Å². The fourth-order valence-corrected chi connectivity index (χ4v) is 1.74. The quantitative estimate of drug-likeness (QED) is 0.803. The van der Waals surface area contributed by atoms with Crippen LogP contribution in [0.5, 0.6) is 0 Å². The first-order valence-corrected chi connectivity index (χ1v) is 5.85. The number of nitrogens with two attached hydrogens (primary N) is 1. The second-order valence-corrected chi connectivity index (χ2v) is 4.84. The molecule has 88 valence electrons. The second-order valence-electron chi connectivity index (χ2n) is 4.84. The highest BCUT2D eigenvalue weighted by Crippen LogP contribution is 2.21. The number of aromatic nitrogens is 1. The van der Waals surface area contributed by atoms with Crippen molar-refractivity contribution >= 4 is 11.5 Å². The van der Waals surface area contributed by atoms with E-state index in [1.165, 1.54) is 5.69 Å². The third-order valence-electron chi connectivity index (χ3n) is 2.71. The van der Waals surface area contributed by atoms with E-state index in [2.05, 4.69) is 35.1 Å². The molecule has 2 rings (SSSR count). The summed E-state index contributed by atoms with van der Waals surface area (Å²) in [5.41, 5.74) is 6.98. The molecule has 0 spiro atoms. The van der Waals surface area contributed by atoms with Gasteiger partial charge < -0.3 is 16.0 Å². The van der Waals surface area contributed by atoms with E-state index in [9.17, 15) is 0 Å². The summed E-state index contributed by atoms with van der Waals surface area (Å²) in [6.07, 6.45) is 1.85. The van der Waals surface area contributed by atoms with Crippen LogP contribution in [0.2, 0.25) is 0 Å². The van der Waals surface area contributed by atoms with Gasteiger partial charge >= 0.3 is 0 Å². The van der Waals surface area contributed by atoms with Crippen molar-refractivity contribution in [1.29, 1.82) is 0 Å². The molecule has 1 aromatic heterocycles. The number of anilines is 2. The molecule has 1 aliphatic rings. The van der Waals surface area contributed by atoms with Crippen LogP contribution in [0.3, 0.4) is 0 Å². The molecule has 0 unspecified atom stereocenters. The van der Waals surface area contributed by atoms with Gasteiger partial charge in [0.25, 0.3) is 0 Å². The largest absolute Gasteiger partial charge is 0.370 e. The number of hydrogen-bond donors (Lipinski definition) is 2. The van der Waals surface area contributed by atoms with Crippen LogP contribution in [0.25, 0.3) is 0 Å². The maximum atomic E-state index is 5.77. The Labute approximate surface area is 96.8 Å². The molecule has 0 aliphatic carbocycles. The first-order valence-electron chi connectivity index (χ1n) is 5.85. The van der Waals surface area contributed by atoms with Gasteiger partial charge in [-0.2, -0.15) is 0 Å². The van der Waals surface area contributed by atoms with E-state index >= 15 is 0 Å². The summed E-state index contributed by atoms with van der Waals surface area (Å²) < 4.78 is 0. The average Bonchev–Trinajstić information content (AvgIpc) is 2.22. The third-order valence-corrected chi connectivity index (χ3v) is 2.71. The second kappa shape index (κ2) is 4.70. The van der Waals surface area contributed by atoms with E-state index in [0.717, 1.165) is 25.5 Å². The molecule has 0 atom stereocenters. The van der Waals surface area contributed by atoms with Crippen molar-refractivity contribution in [3.05, 3.63) is 18.3 Å². The van der Waals surface area contributed by atoms with Gasteiger partial charge in [-0.25, -0.2) is 4.98 Å². The first-order chi connectivity index (χ1) is 7.65. The topological polar surface area (TPSA) is 54.2 Å². The Bertz CT molecular complexity index is 345. The zero-order valence-electron chi connectivity index (χ0n) is 9.98. The predicted molar refractivity (Wildman–Crippen MR) is 67.8 cm³/mol. The molecule has 0 radical (unpaired) electrons. The third kappa shape index (κ3) is 2.64. The summed E-state index contributed by atoms with van der Waals surface area (Å²) in [7, 11) is 0. The maximum Gasteiger partial charge on any atom is 0.127 e. The van der Waals surface area contributed by atoms with Crippen molar-refractivity contribution in [2.45, 2.75) is 19.9 Å². The number of pyridine rings is 1. The maximum absolute atomic E-state index is 5.77. The van der Waals surface area contributed by atoms with E-state index in [-0.39, 0.29) is 0 Å². The molecule has 0 bridgehead atoms. The van der Waals surface area contributed by atoms with E-state index in [1.54, 1.807) is 0 Å². The number of hydrogen-bond acceptors (Lipinski definition) is 4. The Morgan fingerprint density at radius 1 is 1.56 bits per heavy atom. The van der Waals surface area contributed by atoms with Crippen molar-refractivity contribution in [3.8, 4) is 0 Å². The van der Waals surface area contributed by atoms with Crippen LogP contribution >= 0.6 is 0 Å². The highest BCUT2D eigenvalue weighted by atomic mass is 15.2. The zero-order valence-corrected chi connectivity index (χ0v) is 9.98. The monoisotopic (exact) mass is 220 g/mol. The molecule has 1 aromatic rings. The van der Waals surface area contributed by atoms with Crippen molar-refractivity contribution in [1.82, 2.24) is 4.98 Å². The van der Waals surface area contributed by atoms with Gasteiger partial charge in [-0.3, -0.25) is 0 Å². The number of nitrogens with zero attached hydrogens (tertiary/aromatic N) is 2. The molecule has 0 saturated carbocycles. The lowest BCUT2D eigenvalue weighted by Crippen LogP contribution is -2.55.